The number of carbonyl (C=O) groups is 2. The number of amidine groups is 1. The highest BCUT2D eigenvalue weighted by atomic mass is 16.4. The van der Waals surface area contributed by atoms with Crippen LogP contribution in [0.1, 0.15) is 20.8 Å². The molecule has 0 bridgehead atoms. The van der Waals surface area contributed by atoms with Crippen LogP contribution >= 0.6 is 0 Å². The van der Waals surface area contributed by atoms with Crippen LogP contribution in [-0.4, -0.2) is 41.2 Å². The molecule has 0 radical (unpaired) electrons. The van der Waals surface area contributed by atoms with Gasteiger partial charge in [0.05, 0.1) is 12.2 Å². The summed E-state index contributed by atoms with van der Waals surface area (Å²) in [5.41, 5.74) is 5.31. The van der Waals surface area contributed by atoms with Gasteiger partial charge in [-0.1, -0.05) is 39.0 Å². The minimum atomic E-state index is -1.23. The second-order valence-electron chi connectivity index (χ2n) is 6.24. The van der Waals surface area contributed by atoms with Crippen molar-refractivity contribution < 1.29 is 14.7 Å². The lowest BCUT2D eigenvalue weighted by Crippen LogP contribution is -2.37. The Kier molecular flexibility index (Phi) is 6.07. The van der Waals surface area contributed by atoms with E-state index in [4.69, 9.17) is 10.8 Å². The fourth-order valence-corrected chi connectivity index (χ4v) is 1.60. The van der Waals surface area contributed by atoms with Gasteiger partial charge in [-0.2, -0.15) is 0 Å². The molecule has 23 heavy (non-hydrogen) atoms. The molecule has 0 spiro atoms. The third-order valence-corrected chi connectivity index (χ3v) is 3.14. The van der Waals surface area contributed by atoms with E-state index in [0.717, 1.165) is 0 Å². The summed E-state index contributed by atoms with van der Waals surface area (Å²) >= 11 is 0. The van der Waals surface area contributed by atoms with Gasteiger partial charge in [0.15, 0.2) is 5.78 Å². The van der Waals surface area contributed by atoms with Crippen LogP contribution in [0.15, 0.2) is 47.1 Å². The van der Waals surface area contributed by atoms with E-state index in [1.54, 1.807) is 24.1 Å². The average molecular weight is 317 g/mol. The Labute approximate surface area is 136 Å². The quantitative estimate of drug-likeness (QED) is 0.493. The zero-order valence-electron chi connectivity index (χ0n) is 13.9. The standard InChI is InChI=1S/C17H23N3O3/c1-17(2,3)14(21)11-20(4)15(10-13(18)16(22)23)19-12-8-6-5-7-9-12/h5-10H,11,18H2,1-4H3,(H,22,23). The molecular weight excluding hydrogens is 294 g/mol. The number of rotatable bonds is 5. The molecule has 0 aliphatic rings. The number of aliphatic imine (C=N–C) groups is 1. The monoisotopic (exact) mass is 317 g/mol. The van der Waals surface area contributed by atoms with Crippen LogP contribution in [0.3, 0.4) is 0 Å². The van der Waals surface area contributed by atoms with Gasteiger partial charge >= 0.3 is 5.97 Å². The van der Waals surface area contributed by atoms with Crippen molar-refractivity contribution in [3.05, 3.63) is 42.1 Å². The molecular formula is C17H23N3O3. The van der Waals surface area contributed by atoms with Gasteiger partial charge < -0.3 is 15.7 Å². The Balaban J connectivity index is 3.14. The summed E-state index contributed by atoms with van der Waals surface area (Å²) in [5.74, 6) is -0.905. The molecule has 0 saturated carbocycles. The first-order valence-corrected chi connectivity index (χ1v) is 7.20. The number of nitrogens with zero attached hydrogens (tertiary/aromatic N) is 2. The Morgan fingerprint density at radius 3 is 2.30 bits per heavy atom. The first-order chi connectivity index (χ1) is 10.6. The summed E-state index contributed by atoms with van der Waals surface area (Å²) in [5, 5.41) is 8.96. The summed E-state index contributed by atoms with van der Waals surface area (Å²) in [6.45, 7) is 5.61. The maximum Gasteiger partial charge on any atom is 0.351 e. The second-order valence-corrected chi connectivity index (χ2v) is 6.24. The topological polar surface area (TPSA) is 96.0 Å². The number of carboxylic acid groups (broad SMARTS) is 1. The number of carbonyl (C=O) groups excluding carboxylic acids is 1. The number of hydrogen-bond donors (Lipinski definition) is 2. The zero-order chi connectivity index (χ0) is 17.6. The minimum absolute atomic E-state index is 0.0167. The maximum absolute atomic E-state index is 12.2. The Morgan fingerprint density at radius 1 is 1.26 bits per heavy atom. The van der Waals surface area contributed by atoms with Gasteiger partial charge in [-0.25, -0.2) is 9.79 Å². The predicted octanol–water partition coefficient (Wildman–Crippen LogP) is 2.19. The Hall–Kier alpha value is -2.63. The number of likely N-dealkylation sites (N-methyl/N-ethyl adjacent to an activating group) is 1. The molecule has 3 N–H and O–H groups in total. The van der Waals surface area contributed by atoms with Gasteiger partial charge in [-0.3, -0.25) is 4.79 Å². The minimum Gasteiger partial charge on any atom is -0.477 e. The lowest BCUT2D eigenvalue weighted by atomic mass is 9.90. The summed E-state index contributed by atoms with van der Waals surface area (Å²) in [4.78, 5) is 29.1. The molecule has 0 fully saturated rings. The van der Waals surface area contributed by atoms with Crippen LogP contribution in [0.25, 0.3) is 0 Å². The number of hydrogen-bond acceptors (Lipinski definition) is 4. The van der Waals surface area contributed by atoms with Crippen molar-refractivity contribution in [3.63, 3.8) is 0 Å². The van der Waals surface area contributed by atoms with Crippen molar-refractivity contribution in [2.45, 2.75) is 20.8 Å². The third-order valence-electron chi connectivity index (χ3n) is 3.14. The molecule has 6 nitrogen and oxygen atoms in total. The molecule has 0 aliphatic carbocycles. The number of carboxylic acids is 1. The molecule has 1 rings (SSSR count). The molecule has 0 unspecified atom stereocenters. The Morgan fingerprint density at radius 2 is 1.83 bits per heavy atom. The van der Waals surface area contributed by atoms with Crippen molar-refractivity contribution >= 4 is 23.3 Å². The van der Waals surface area contributed by atoms with Gasteiger partial charge in [-0.05, 0) is 12.1 Å². The lowest BCUT2D eigenvalue weighted by molar-refractivity contribution is -0.132. The van der Waals surface area contributed by atoms with E-state index in [9.17, 15) is 9.59 Å². The largest absolute Gasteiger partial charge is 0.477 e. The van der Waals surface area contributed by atoms with Crippen LogP contribution < -0.4 is 5.73 Å². The highest BCUT2D eigenvalue weighted by Crippen LogP contribution is 2.16. The van der Waals surface area contributed by atoms with Crippen LogP contribution in [0.4, 0.5) is 5.69 Å². The van der Waals surface area contributed by atoms with E-state index in [-0.39, 0.29) is 18.0 Å². The van der Waals surface area contributed by atoms with Crippen LogP contribution in [0.5, 0.6) is 0 Å². The number of benzene rings is 1. The molecule has 0 aliphatic heterocycles. The first kappa shape index (κ1) is 18.4. The van der Waals surface area contributed by atoms with E-state index in [1.807, 2.05) is 39.0 Å². The van der Waals surface area contributed by atoms with Gasteiger partial charge in [0.2, 0.25) is 0 Å². The van der Waals surface area contributed by atoms with Crippen LogP contribution in [0, 0.1) is 5.41 Å². The molecule has 0 heterocycles. The van der Waals surface area contributed by atoms with Gasteiger partial charge in [0.1, 0.15) is 11.5 Å². The summed E-state index contributed by atoms with van der Waals surface area (Å²) in [7, 11) is 1.68. The summed E-state index contributed by atoms with van der Waals surface area (Å²) in [6, 6.07) is 9.06. The van der Waals surface area contributed by atoms with Gasteiger partial charge in [-0.15, -0.1) is 0 Å². The van der Waals surface area contributed by atoms with Crippen molar-refractivity contribution in [1.82, 2.24) is 4.90 Å². The number of ketones is 1. The fraction of sp³-hybridized carbons (Fsp3) is 0.353. The molecule has 1 aromatic rings. The summed E-state index contributed by atoms with van der Waals surface area (Å²) < 4.78 is 0. The number of Topliss-reactive ketones (excluding diaryl/α,β-unsaturated/α-hetero) is 1. The van der Waals surface area contributed by atoms with Crippen LogP contribution in [0.2, 0.25) is 0 Å². The molecule has 124 valence electrons. The summed E-state index contributed by atoms with van der Waals surface area (Å²) in [6.07, 6.45) is 1.26. The van der Waals surface area contributed by atoms with Crippen molar-refractivity contribution in [3.8, 4) is 0 Å². The van der Waals surface area contributed by atoms with E-state index in [2.05, 4.69) is 4.99 Å². The molecule has 0 saturated heterocycles. The number of nitrogens with two attached hydrogens (primary N) is 1. The zero-order valence-corrected chi connectivity index (χ0v) is 13.9. The lowest BCUT2D eigenvalue weighted by Gasteiger charge is -2.24. The fourth-order valence-electron chi connectivity index (χ4n) is 1.60. The van der Waals surface area contributed by atoms with Crippen LogP contribution in [-0.2, 0) is 9.59 Å². The number of para-hydroxylation sites is 1. The van der Waals surface area contributed by atoms with Crippen molar-refractivity contribution in [2.24, 2.45) is 16.1 Å². The highest BCUT2D eigenvalue weighted by Gasteiger charge is 2.23. The van der Waals surface area contributed by atoms with E-state index in [1.165, 1.54) is 6.08 Å². The third kappa shape index (κ3) is 5.94. The molecule has 0 atom stereocenters. The average Bonchev–Trinajstić information content (AvgIpc) is 2.46. The Bertz CT molecular complexity index is 628. The second kappa shape index (κ2) is 7.58. The van der Waals surface area contributed by atoms with E-state index in [0.29, 0.717) is 11.5 Å². The molecule has 1 aromatic carbocycles. The van der Waals surface area contributed by atoms with Gasteiger partial charge in [0.25, 0.3) is 0 Å². The molecule has 0 aromatic heterocycles. The van der Waals surface area contributed by atoms with E-state index < -0.39 is 11.4 Å². The maximum atomic E-state index is 12.2. The molecule has 0 amide bonds. The highest BCUT2D eigenvalue weighted by molar-refractivity contribution is 6.02. The normalized spacial score (nSPS) is 12.9. The molecule has 6 heteroatoms. The van der Waals surface area contributed by atoms with Crippen molar-refractivity contribution in [2.75, 3.05) is 13.6 Å². The SMILES string of the molecule is CN(CC(=O)C(C)(C)C)C(C=C(N)C(=O)O)=Nc1ccccc1. The predicted molar refractivity (Wildman–Crippen MR) is 90.5 cm³/mol. The first-order valence-electron chi connectivity index (χ1n) is 7.20. The van der Waals surface area contributed by atoms with Gasteiger partial charge in [0, 0.05) is 18.5 Å². The van der Waals surface area contributed by atoms with Crippen molar-refractivity contribution in [1.29, 1.82) is 0 Å². The van der Waals surface area contributed by atoms with E-state index >= 15 is 0 Å². The number of aliphatic carboxylic acids is 1. The smallest absolute Gasteiger partial charge is 0.351 e.